The summed E-state index contributed by atoms with van der Waals surface area (Å²) in [6, 6.07) is 2.08. The Labute approximate surface area is 158 Å². The van der Waals surface area contributed by atoms with Crippen molar-refractivity contribution in [3.63, 3.8) is 0 Å². The number of likely N-dealkylation sites (tertiary alicyclic amines) is 1. The zero-order valence-electron chi connectivity index (χ0n) is 15.1. The summed E-state index contributed by atoms with van der Waals surface area (Å²) in [5, 5.41) is 0. The molecule has 0 aromatic carbocycles. The van der Waals surface area contributed by atoms with Gasteiger partial charge in [0.25, 0.3) is 16.3 Å². The SMILES string of the molecule is CC(OC(=O)N1CCC(C2(C)Cc3c[c]([AlH2])ncc3O2)CC1)C(F)(F)F. The highest BCUT2D eigenvalue weighted by atomic mass is 27.0. The molecule has 1 aromatic rings. The Morgan fingerprint density at radius 3 is 2.73 bits per heavy atom. The minimum Gasteiger partial charge on any atom is -0.485 e. The zero-order valence-corrected chi connectivity index (χ0v) is 17.1. The Morgan fingerprint density at radius 2 is 2.12 bits per heavy atom. The van der Waals surface area contributed by atoms with E-state index in [-0.39, 0.29) is 11.5 Å². The molecule has 1 fully saturated rings. The van der Waals surface area contributed by atoms with Gasteiger partial charge in [0.05, 0.1) is 6.20 Å². The highest BCUT2D eigenvalue weighted by Crippen LogP contribution is 2.42. The van der Waals surface area contributed by atoms with Gasteiger partial charge in [-0.15, -0.1) is 0 Å². The van der Waals surface area contributed by atoms with Crippen molar-refractivity contribution in [2.75, 3.05) is 13.1 Å². The van der Waals surface area contributed by atoms with Crippen LogP contribution in [-0.4, -0.2) is 63.2 Å². The van der Waals surface area contributed by atoms with Crippen LogP contribution in [0.25, 0.3) is 0 Å². The van der Waals surface area contributed by atoms with E-state index in [0.29, 0.717) is 25.9 Å². The molecule has 5 nitrogen and oxygen atoms in total. The van der Waals surface area contributed by atoms with Crippen LogP contribution in [-0.2, 0) is 11.2 Å². The molecule has 1 saturated heterocycles. The number of carbonyl (C=O) groups excluding carboxylic acids is 1. The van der Waals surface area contributed by atoms with Crippen LogP contribution in [0.3, 0.4) is 0 Å². The molecule has 9 heteroatoms. The van der Waals surface area contributed by atoms with Crippen molar-refractivity contribution in [2.45, 2.75) is 51.0 Å². The quantitative estimate of drug-likeness (QED) is 0.728. The smallest absolute Gasteiger partial charge is 0.425 e. The van der Waals surface area contributed by atoms with Gasteiger partial charge in [-0.05, 0) is 36.8 Å². The molecule has 0 aliphatic carbocycles. The summed E-state index contributed by atoms with van der Waals surface area (Å²) in [5.74, 6) is 1.03. The lowest BCUT2D eigenvalue weighted by Crippen LogP contribution is -2.48. The summed E-state index contributed by atoms with van der Waals surface area (Å²) in [6.45, 7) is 3.64. The number of hydrogen-bond donors (Lipinski definition) is 0. The van der Waals surface area contributed by atoms with Crippen molar-refractivity contribution in [3.8, 4) is 5.75 Å². The number of fused-ring (bicyclic) bond motifs is 1. The van der Waals surface area contributed by atoms with E-state index in [9.17, 15) is 18.0 Å². The molecular formula is C17H22AlF3N2O3. The number of piperidine rings is 1. The number of amides is 1. The first-order chi connectivity index (χ1) is 12.1. The third-order valence-electron chi connectivity index (χ3n) is 5.32. The highest BCUT2D eigenvalue weighted by Gasteiger charge is 2.45. The summed E-state index contributed by atoms with van der Waals surface area (Å²) < 4.78 is 49.4. The first-order valence-electron chi connectivity index (χ1n) is 8.75. The number of rotatable bonds is 2. The van der Waals surface area contributed by atoms with E-state index in [1.807, 2.05) is 0 Å². The van der Waals surface area contributed by atoms with Gasteiger partial charge in [-0.3, -0.25) is 4.98 Å². The van der Waals surface area contributed by atoms with E-state index in [0.717, 1.165) is 45.5 Å². The second-order valence-electron chi connectivity index (χ2n) is 7.35. The van der Waals surface area contributed by atoms with Crippen LogP contribution in [0.4, 0.5) is 18.0 Å². The first-order valence-corrected chi connectivity index (χ1v) is 9.75. The highest BCUT2D eigenvalue weighted by molar-refractivity contribution is 6.30. The van der Waals surface area contributed by atoms with Crippen molar-refractivity contribution in [3.05, 3.63) is 17.8 Å². The van der Waals surface area contributed by atoms with E-state index < -0.39 is 18.4 Å². The summed E-state index contributed by atoms with van der Waals surface area (Å²) in [4.78, 5) is 17.6. The fourth-order valence-corrected chi connectivity index (χ4v) is 4.17. The Balaban J connectivity index is 1.57. The number of ether oxygens (including phenoxy) is 2. The maximum Gasteiger partial charge on any atom is 0.425 e. The van der Waals surface area contributed by atoms with E-state index in [1.54, 1.807) is 6.20 Å². The van der Waals surface area contributed by atoms with Gasteiger partial charge in [-0.1, -0.05) is 6.07 Å². The Kier molecular flexibility index (Phi) is 5.15. The fourth-order valence-electron chi connectivity index (χ4n) is 3.69. The number of nitrogens with zero attached hydrogens (tertiary/aromatic N) is 2. The lowest BCUT2D eigenvalue weighted by atomic mass is 9.79. The maximum atomic E-state index is 12.5. The van der Waals surface area contributed by atoms with Crippen LogP contribution in [0, 0.1) is 5.92 Å². The zero-order chi connectivity index (χ0) is 19.1. The average Bonchev–Trinajstić information content (AvgIpc) is 2.90. The van der Waals surface area contributed by atoms with Crippen molar-refractivity contribution in [2.24, 2.45) is 5.92 Å². The van der Waals surface area contributed by atoms with Crippen LogP contribution in [0.15, 0.2) is 12.3 Å². The molecule has 2 aliphatic heterocycles. The Bertz CT molecular complexity index is 692. The van der Waals surface area contributed by atoms with E-state index in [4.69, 9.17) is 4.74 Å². The standard InChI is InChI=1S/C17H20F3N2O3.Al.2H/c1-11(17(18,19)20)24-15(23)22-7-4-13(5-8-22)16(2)9-12-3-6-21-10-14(12)25-16;;;/h3,10-11,13H,4-5,7-9H2,1-2H3;;;. The van der Waals surface area contributed by atoms with Crippen LogP contribution in [0.1, 0.15) is 32.3 Å². The van der Waals surface area contributed by atoms with Gasteiger partial charge in [-0.25, -0.2) is 4.79 Å². The minimum absolute atomic E-state index is 0.219. The molecule has 2 aliphatic rings. The van der Waals surface area contributed by atoms with Gasteiger partial charge >= 0.3 is 12.3 Å². The van der Waals surface area contributed by atoms with Crippen LogP contribution >= 0.6 is 0 Å². The number of hydrogen-bond acceptors (Lipinski definition) is 4. The predicted molar refractivity (Wildman–Crippen MR) is 91.4 cm³/mol. The lowest BCUT2D eigenvalue weighted by molar-refractivity contribution is -0.200. The molecule has 26 heavy (non-hydrogen) atoms. The molecule has 0 radical (unpaired) electrons. The molecule has 0 bridgehead atoms. The lowest BCUT2D eigenvalue weighted by Gasteiger charge is -2.39. The molecule has 1 aromatic heterocycles. The second kappa shape index (κ2) is 6.93. The van der Waals surface area contributed by atoms with Crippen LogP contribution < -0.4 is 9.29 Å². The maximum absolute atomic E-state index is 12.5. The molecule has 142 valence electrons. The first kappa shape index (κ1) is 19.3. The number of alkyl halides is 3. The van der Waals surface area contributed by atoms with Crippen molar-refractivity contribution >= 4 is 26.9 Å². The van der Waals surface area contributed by atoms with Gasteiger partial charge < -0.3 is 14.4 Å². The molecule has 0 spiro atoms. The molecule has 0 N–H and O–H groups in total. The molecular weight excluding hydrogens is 364 g/mol. The Morgan fingerprint density at radius 1 is 1.46 bits per heavy atom. The van der Waals surface area contributed by atoms with Gasteiger partial charge in [0, 0.05) is 25.4 Å². The minimum atomic E-state index is -4.54. The molecule has 3 rings (SSSR count). The van der Waals surface area contributed by atoms with Gasteiger partial charge in [0.1, 0.15) is 11.4 Å². The predicted octanol–water partition coefficient (Wildman–Crippen LogP) is 1.83. The number of carbonyl (C=O) groups is 1. The second-order valence-corrected chi connectivity index (χ2v) is 8.38. The summed E-state index contributed by atoms with van der Waals surface area (Å²) >= 11 is 0.882. The number of pyridine rings is 1. The molecule has 3 heterocycles. The molecule has 2 unspecified atom stereocenters. The summed E-state index contributed by atoms with van der Waals surface area (Å²) in [6.07, 6.45) is -3.65. The monoisotopic (exact) mass is 386 g/mol. The van der Waals surface area contributed by atoms with Gasteiger partial charge in [0.2, 0.25) is 0 Å². The largest absolute Gasteiger partial charge is 0.485 e. The van der Waals surface area contributed by atoms with Crippen LogP contribution in [0.5, 0.6) is 5.75 Å². The summed E-state index contributed by atoms with van der Waals surface area (Å²) in [7, 11) is 0. The molecule has 1 amide bonds. The fraction of sp³-hybridized carbons (Fsp3) is 0.647. The van der Waals surface area contributed by atoms with Crippen molar-refractivity contribution in [1.29, 1.82) is 0 Å². The van der Waals surface area contributed by atoms with Gasteiger partial charge in [-0.2, -0.15) is 13.2 Å². The molecule has 2 atom stereocenters. The van der Waals surface area contributed by atoms with Crippen LogP contribution in [0.2, 0.25) is 0 Å². The van der Waals surface area contributed by atoms with E-state index in [1.165, 1.54) is 4.90 Å². The topological polar surface area (TPSA) is 51.7 Å². The van der Waals surface area contributed by atoms with Crippen molar-refractivity contribution in [1.82, 2.24) is 9.88 Å². The normalized spacial score (nSPS) is 24.7. The van der Waals surface area contributed by atoms with E-state index >= 15 is 0 Å². The van der Waals surface area contributed by atoms with E-state index in [2.05, 4.69) is 22.7 Å². The third kappa shape index (κ3) is 3.94. The van der Waals surface area contributed by atoms with Crippen molar-refractivity contribution < 1.29 is 27.4 Å². The van der Waals surface area contributed by atoms with Gasteiger partial charge in [0.15, 0.2) is 6.10 Å². The number of halogens is 3. The number of aromatic nitrogens is 1. The Hall–Kier alpha value is -1.46. The molecule has 0 saturated carbocycles. The third-order valence-corrected chi connectivity index (χ3v) is 5.87. The average molecular weight is 386 g/mol. The summed E-state index contributed by atoms with van der Waals surface area (Å²) in [5.41, 5.74) is 0.794.